The van der Waals surface area contributed by atoms with Gasteiger partial charge in [-0.25, -0.2) is 10.8 Å². The van der Waals surface area contributed by atoms with E-state index in [4.69, 9.17) is 10.6 Å². The highest BCUT2D eigenvalue weighted by molar-refractivity contribution is 6.05. The summed E-state index contributed by atoms with van der Waals surface area (Å²) in [4.78, 5) is 22.0. The molecule has 27 heavy (non-hydrogen) atoms. The number of H-pyrrole nitrogens is 1. The fraction of sp³-hybridized carbons (Fsp3) is 0.300. The van der Waals surface area contributed by atoms with Crippen LogP contribution in [0.25, 0.3) is 22.4 Å². The average molecular weight is 367 g/mol. The largest absolute Gasteiger partial charge is 0.492 e. The number of imidazole rings is 1. The lowest BCUT2D eigenvalue weighted by Crippen LogP contribution is -2.30. The number of nitrogens with one attached hydrogen (secondary N) is 2. The molecule has 0 aliphatic heterocycles. The highest BCUT2D eigenvalue weighted by Crippen LogP contribution is 2.24. The number of hydrogen-bond donors (Lipinski definition) is 3. The maximum Gasteiger partial charge on any atom is 0.267 e. The molecule has 1 aromatic heterocycles. The van der Waals surface area contributed by atoms with Crippen molar-refractivity contribution in [3.8, 4) is 17.1 Å². The van der Waals surface area contributed by atoms with Gasteiger partial charge in [-0.1, -0.05) is 19.9 Å². The number of amides is 1. The summed E-state index contributed by atoms with van der Waals surface area (Å²) in [5, 5.41) is 0. The Morgan fingerprint density at radius 1 is 1.19 bits per heavy atom. The molecule has 0 atom stereocenters. The number of nitrogens with two attached hydrogens (primary N) is 1. The minimum Gasteiger partial charge on any atom is -0.492 e. The third kappa shape index (κ3) is 4.27. The van der Waals surface area contributed by atoms with E-state index >= 15 is 0 Å². The number of aromatic amines is 1. The fourth-order valence-corrected chi connectivity index (χ4v) is 2.97. The van der Waals surface area contributed by atoms with Gasteiger partial charge < -0.3 is 14.6 Å². The van der Waals surface area contributed by atoms with Gasteiger partial charge in [-0.2, -0.15) is 0 Å². The summed E-state index contributed by atoms with van der Waals surface area (Å²) in [7, 11) is 0. The van der Waals surface area contributed by atoms with E-state index in [1.54, 1.807) is 12.1 Å². The second-order valence-corrected chi connectivity index (χ2v) is 6.16. The lowest BCUT2D eigenvalue weighted by atomic mass is 10.2. The Kier molecular flexibility index (Phi) is 6.05. The molecular formula is C20H25N5O2. The summed E-state index contributed by atoms with van der Waals surface area (Å²) >= 11 is 0. The van der Waals surface area contributed by atoms with Gasteiger partial charge in [0.25, 0.3) is 5.91 Å². The number of nitrogen functional groups attached to an aromatic ring is 1. The Labute approximate surface area is 158 Å². The third-order valence-corrected chi connectivity index (χ3v) is 4.59. The Hall–Kier alpha value is -2.90. The molecular weight excluding hydrogens is 342 g/mol. The van der Waals surface area contributed by atoms with Crippen molar-refractivity contribution in [2.75, 3.05) is 26.2 Å². The highest BCUT2D eigenvalue weighted by Gasteiger charge is 2.13. The van der Waals surface area contributed by atoms with Crippen LogP contribution in [-0.2, 0) is 0 Å². The number of carbonyl (C=O) groups excluding carboxylic acids is 1. The van der Waals surface area contributed by atoms with Crippen LogP contribution < -0.4 is 16.0 Å². The van der Waals surface area contributed by atoms with Crippen LogP contribution in [0, 0.1) is 0 Å². The van der Waals surface area contributed by atoms with Crippen molar-refractivity contribution in [3.63, 3.8) is 0 Å². The van der Waals surface area contributed by atoms with E-state index in [1.165, 1.54) is 0 Å². The SMILES string of the molecule is CCN(CC)CCOc1ccc(-c2nc3c(C(=O)NN)cccc3[nH]2)cc1. The van der Waals surface area contributed by atoms with Crippen molar-refractivity contribution in [1.29, 1.82) is 0 Å². The van der Waals surface area contributed by atoms with Gasteiger partial charge in [0.2, 0.25) is 0 Å². The summed E-state index contributed by atoms with van der Waals surface area (Å²) < 4.78 is 5.82. The Bertz CT molecular complexity index is 900. The molecule has 7 nitrogen and oxygen atoms in total. The van der Waals surface area contributed by atoms with Crippen molar-refractivity contribution in [3.05, 3.63) is 48.0 Å². The number of carbonyl (C=O) groups is 1. The molecule has 3 rings (SSSR count). The molecule has 0 spiro atoms. The molecule has 7 heteroatoms. The molecule has 0 unspecified atom stereocenters. The van der Waals surface area contributed by atoms with E-state index in [2.05, 4.69) is 34.1 Å². The van der Waals surface area contributed by atoms with Gasteiger partial charge in [0.15, 0.2) is 0 Å². The first-order chi connectivity index (χ1) is 13.2. The fourth-order valence-electron chi connectivity index (χ4n) is 2.97. The maximum atomic E-state index is 11.9. The van der Waals surface area contributed by atoms with Crippen LogP contribution in [0.4, 0.5) is 0 Å². The van der Waals surface area contributed by atoms with Crippen LogP contribution >= 0.6 is 0 Å². The molecule has 142 valence electrons. The molecule has 0 bridgehead atoms. The molecule has 1 heterocycles. The predicted molar refractivity (Wildman–Crippen MR) is 106 cm³/mol. The van der Waals surface area contributed by atoms with Crippen LogP contribution in [0.1, 0.15) is 24.2 Å². The quantitative estimate of drug-likeness (QED) is 0.323. The van der Waals surface area contributed by atoms with Crippen molar-refractivity contribution < 1.29 is 9.53 Å². The monoisotopic (exact) mass is 367 g/mol. The van der Waals surface area contributed by atoms with Crippen molar-refractivity contribution >= 4 is 16.9 Å². The highest BCUT2D eigenvalue weighted by atomic mass is 16.5. The number of rotatable bonds is 8. The van der Waals surface area contributed by atoms with Crippen LogP contribution in [-0.4, -0.2) is 47.0 Å². The van der Waals surface area contributed by atoms with Gasteiger partial charge in [-0.15, -0.1) is 0 Å². The van der Waals surface area contributed by atoms with Gasteiger partial charge >= 0.3 is 0 Å². The standard InChI is InChI=1S/C20H25N5O2/c1-3-25(4-2)12-13-27-15-10-8-14(9-11-15)19-22-17-7-5-6-16(18(17)23-19)20(26)24-21/h5-11H,3-4,12-13,21H2,1-2H3,(H,22,23)(H,24,26). The zero-order valence-electron chi connectivity index (χ0n) is 15.7. The van der Waals surface area contributed by atoms with E-state index in [0.717, 1.165) is 36.5 Å². The molecule has 0 aliphatic carbocycles. The molecule has 0 aliphatic rings. The zero-order chi connectivity index (χ0) is 19.2. The molecule has 1 amide bonds. The minimum atomic E-state index is -0.365. The zero-order valence-corrected chi connectivity index (χ0v) is 15.7. The number of aromatic nitrogens is 2. The second kappa shape index (κ2) is 8.66. The Morgan fingerprint density at radius 2 is 1.93 bits per heavy atom. The number of para-hydroxylation sites is 1. The third-order valence-electron chi connectivity index (χ3n) is 4.59. The number of likely N-dealkylation sites (N-methyl/N-ethyl adjacent to an activating group) is 1. The average Bonchev–Trinajstić information content (AvgIpc) is 3.15. The number of hydrazine groups is 1. The molecule has 0 saturated carbocycles. The van der Waals surface area contributed by atoms with Crippen molar-refractivity contribution in [2.45, 2.75) is 13.8 Å². The summed E-state index contributed by atoms with van der Waals surface area (Å²) in [5.74, 6) is 6.40. The summed E-state index contributed by atoms with van der Waals surface area (Å²) in [5.41, 5.74) is 4.89. The molecule has 0 radical (unpaired) electrons. The Morgan fingerprint density at radius 3 is 2.59 bits per heavy atom. The van der Waals surface area contributed by atoms with E-state index in [0.29, 0.717) is 23.5 Å². The second-order valence-electron chi connectivity index (χ2n) is 6.16. The number of ether oxygens (including phenoxy) is 1. The van der Waals surface area contributed by atoms with E-state index < -0.39 is 0 Å². The minimum absolute atomic E-state index is 0.365. The number of hydrogen-bond acceptors (Lipinski definition) is 5. The van der Waals surface area contributed by atoms with Gasteiger partial charge in [-0.05, 0) is 49.5 Å². The number of fused-ring (bicyclic) bond motifs is 1. The van der Waals surface area contributed by atoms with Crippen LogP contribution in [0.2, 0.25) is 0 Å². The molecule has 0 saturated heterocycles. The van der Waals surface area contributed by atoms with Gasteiger partial charge in [0.1, 0.15) is 23.7 Å². The first kappa shape index (κ1) is 18.9. The summed E-state index contributed by atoms with van der Waals surface area (Å²) in [6, 6.07) is 13.1. The summed E-state index contributed by atoms with van der Waals surface area (Å²) in [6.45, 7) is 7.90. The molecule has 3 aromatic rings. The molecule has 4 N–H and O–H groups in total. The topological polar surface area (TPSA) is 96.3 Å². The van der Waals surface area contributed by atoms with Crippen molar-refractivity contribution in [1.82, 2.24) is 20.3 Å². The van der Waals surface area contributed by atoms with Crippen LogP contribution in [0.5, 0.6) is 5.75 Å². The van der Waals surface area contributed by atoms with Crippen LogP contribution in [0.3, 0.4) is 0 Å². The van der Waals surface area contributed by atoms with Crippen molar-refractivity contribution in [2.24, 2.45) is 5.84 Å². The van der Waals surface area contributed by atoms with E-state index in [-0.39, 0.29) is 5.91 Å². The van der Waals surface area contributed by atoms with E-state index in [1.807, 2.05) is 30.3 Å². The smallest absolute Gasteiger partial charge is 0.267 e. The molecule has 0 fully saturated rings. The lowest BCUT2D eigenvalue weighted by molar-refractivity contribution is 0.0955. The van der Waals surface area contributed by atoms with Gasteiger partial charge in [-0.3, -0.25) is 10.2 Å². The van der Waals surface area contributed by atoms with Crippen LogP contribution in [0.15, 0.2) is 42.5 Å². The number of nitrogens with zero attached hydrogens (tertiary/aromatic N) is 2. The van der Waals surface area contributed by atoms with E-state index in [9.17, 15) is 4.79 Å². The maximum absolute atomic E-state index is 11.9. The predicted octanol–water partition coefficient (Wildman–Crippen LogP) is 2.55. The van der Waals surface area contributed by atoms with Gasteiger partial charge in [0.05, 0.1) is 11.1 Å². The first-order valence-electron chi connectivity index (χ1n) is 9.11. The Balaban J connectivity index is 1.74. The normalized spacial score (nSPS) is 11.1. The number of benzene rings is 2. The first-order valence-corrected chi connectivity index (χ1v) is 9.11. The molecule has 2 aromatic carbocycles. The summed E-state index contributed by atoms with van der Waals surface area (Å²) in [6.07, 6.45) is 0. The lowest BCUT2D eigenvalue weighted by Gasteiger charge is -2.18. The van der Waals surface area contributed by atoms with Gasteiger partial charge in [0, 0.05) is 12.1 Å².